The molecular formula is C49H29N5O2S. The maximum absolute atomic E-state index is 6.49. The SMILES string of the molecule is C=Cc1oc2ccc(-c3nc(-c4ccccc4)nc(-c4ccc5oc6cc(-c7nc(-c8ccccc8)c8sc9ccccc9c8n7)ccc6c5c4)n3)cc2c1C=C. The van der Waals surface area contributed by atoms with E-state index in [1.807, 2.05) is 84.9 Å². The van der Waals surface area contributed by atoms with Gasteiger partial charge in [-0.1, -0.05) is 104 Å². The minimum absolute atomic E-state index is 0.546. The summed E-state index contributed by atoms with van der Waals surface area (Å²) in [5, 5.41) is 3.96. The van der Waals surface area contributed by atoms with Gasteiger partial charge >= 0.3 is 0 Å². The molecule has 0 bridgehead atoms. The largest absolute Gasteiger partial charge is 0.456 e. The predicted molar refractivity (Wildman–Crippen MR) is 233 cm³/mol. The standard InChI is InChI=1S/C49H29N5O2S/c1-3-33-36-25-30(20-23-39(36)55-38(33)4-2)48-52-46(29-15-9-6-10-16-29)53-49(54-48)31-21-24-40-37(26-31)34-22-19-32(27-41(34)56-40)47-50-43(28-13-7-5-8-14-28)45-44(51-47)35-17-11-12-18-42(35)57-45/h3-27H,1-2H2. The van der Waals surface area contributed by atoms with Crippen molar-refractivity contribution in [3.05, 3.63) is 164 Å². The van der Waals surface area contributed by atoms with Gasteiger partial charge in [-0.15, -0.1) is 11.3 Å². The summed E-state index contributed by atoms with van der Waals surface area (Å²) in [5.41, 5.74) is 9.48. The van der Waals surface area contributed by atoms with Gasteiger partial charge in [0.05, 0.1) is 15.9 Å². The van der Waals surface area contributed by atoms with Crippen LogP contribution in [0.1, 0.15) is 11.3 Å². The van der Waals surface area contributed by atoms with Gasteiger partial charge in [0.1, 0.15) is 22.5 Å². The number of benzene rings is 6. The third kappa shape index (κ3) is 5.45. The van der Waals surface area contributed by atoms with Gasteiger partial charge in [-0.05, 0) is 60.7 Å². The van der Waals surface area contributed by atoms with E-state index in [-0.39, 0.29) is 0 Å². The van der Waals surface area contributed by atoms with Crippen molar-refractivity contribution in [2.24, 2.45) is 0 Å². The van der Waals surface area contributed by atoms with Crippen molar-refractivity contribution in [1.29, 1.82) is 0 Å². The van der Waals surface area contributed by atoms with Crippen LogP contribution in [0.3, 0.4) is 0 Å². The molecule has 5 heterocycles. The number of fused-ring (bicyclic) bond motifs is 7. The number of rotatable bonds is 7. The summed E-state index contributed by atoms with van der Waals surface area (Å²) in [7, 11) is 0. The average Bonchev–Trinajstić information content (AvgIpc) is 3.96. The Hall–Kier alpha value is -7.55. The van der Waals surface area contributed by atoms with Gasteiger partial charge in [0.25, 0.3) is 0 Å². The van der Waals surface area contributed by atoms with Crippen molar-refractivity contribution in [2.75, 3.05) is 0 Å². The van der Waals surface area contributed by atoms with E-state index in [1.165, 1.54) is 4.70 Å². The summed E-state index contributed by atoms with van der Waals surface area (Å²) in [6, 6.07) is 46.9. The maximum Gasteiger partial charge on any atom is 0.164 e. The Kier molecular flexibility index (Phi) is 7.52. The molecule has 0 saturated carbocycles. The molecule has 268 valence electrons. The highest BCUT2D eigenvalue weighted by Gasteiger charge is 2.19. The number of thiophene rings is 1. The molecule has 5 aromatic heterocycles. The molecule has 0 atom stereocenters. The quantitative estimate of drug-likeness (QED) is 0.160. The second-order valence-electron chi connectivity index (χ2n) is 13.7. The maximum atomic E-state index is 6.49. The first-order chi connectivity index (χ1) is 28.1. The highest BCUT2D eigenvalue weighted by molar-refractivity contribution is 7.26. The van der Waals surface area contributed by atoms with Crippen LogP contribution in [0.5, 0.6) is 0 Å². The topological polar surface area (TPSA) is 90.7 Å². The van der Waals surface area contributed by atoms with Crippen LogP contribution in [0.2, 0.25) is 0 Å². The Labute approximate surface area is 330 Å². The minimum Gasteiger partial charge on any atom is -0.456 e. The van der Waals surface area contributed by atoms with E-state index in [0.29, 0.717) is 29.1 Å². The lowest BCUT2D eigenvalue weighted by Gasteiger charge is -2.09. The Morgan fingerprint density at radius 2 is 1.04 bits per heavy atom. The Morgan fingerprint density at radius 1 is 0.439 bits per heavy atom. The van der Waals surface area contributed by atoms with E-state index in [2.05, 4.69) is 67.8 Å². The molecule has 0 fully saturated rings. The molecule has 0 aliphatic carbocycles. The summed E-state index contributed by atoms with van der Waals surface area (Å²) < 4.78 is 14.8. The highest BCUT2D eigenvalue weighted by atomic mass is 32.1. The van der Waals surface area contributed by atoms with E-state index < -0.39 is 0 Å². The summed E-state index contributed by atoms with van der Waals surface area (Å²) in [6.45, 7) is 7.91. The fraction of sp³-hybridized carbons (Fsp3) is 0. The molecule has 0 saturated heterocycles. The van der Waals surface area contributed by atoms with Crippen molar-refractivity contribution in [2.45, 2.75) is 0 Å². The van der Waals surface area contributed by atoms with Crippen molar-refractivity contribution in [3.8, 4) is 56.8 Å². The lowest BCUT2D eigenvalue weighted by molar-refractivity contribution is 0.603. The molecule has 7 nitrogen and oxygen atoms in total. The van der Waals surface area contributed by atoms with Gasteiger partial charge in [-0.2, -0.15) is 0 Å². The smallest absolute Gasteiger partial charge is 0.164 e. The second kappa shape index (κ2) is 13.0. The zero-order valence-corrected chi connectivity index (χ0v) is 31.1. The summed E-state index contributed by atoms with van der Waals surface area (Å²) in [5.74, 6) is 2.99. The second-order valence-corrected chi connectivity index (χ2v) is 14.8. The van der Waals surface area contributed by atoms with Crippen LogP contribution in [0, 0.1) is 0 Å². The van der Waals surface area contributed by atoms with Crippen LogP contribution in [0.15, 0.2) is 162 Å². The normalized spacial score (nSPS) is 11.6. The summed E-state index contributed by atoms with van der Waals surface area (Å²) in [4.78, 5) is 25.3. The lowest BCUT2D eigenvalue weighted by atomic mass is 10.1. The molecule has 0 spiro atoms. The van der Waals surface area contributed by atoms with Gasteiger partial charge in [0.2, 0.25) is 0 Å². The van der Waals surface area contributed by atoms with Crippen molar-refractivity contribution < 1.29 is 8.83 Å². The lowest BCUT2D eigenvalue weighted by Crippen LogP contribution is -2.00. The molecule has 0 aliphatic rings. The fourth-order valence-corrected chi connectivity index (χ4v) is 8.71. The van der Waals surface area contributed by atoms with E-state index in [9.17, 15) is 0 Å². The van der Waals surface area contributed by atoms with Crippen molar-refractivity contribution in [3.63, 3.8) is 0 Å². The predicted octanol–water partition coefficient (Wildman–Crippen LogP) is 13.3. The van der Waals surface area contributed by atoms with Crippen molar-refractivity contribution in [1.82, 2.24) is 24.9 Å². The fourth-order valence-electron chi connectivity index (χ4n) is 7.55. The number of aromatic nitrogens is 5. The monoisotopic (exact) mass is 751 g/mol. The van der Waals surface area contributed by atoms with E-state index in [4.69, 9.17) is 33.8 Å². The first kappa shape index (κ1) is 32.8. The molecule has 8 heteroatoms. The highest BCUT2D eigenvalue weighted by Crippen LogP contribution is 2.41. The number of furan rings is 2. The van der Waals surface area contributed by atoms with Crippen molar-refractivity contribution >= 4 is 76.7 Å². The van der Waals surface area contributed by atoms with Crippen LogP contribution >= 0.6 is 11.3 Å². The van der Waals surface area contributed by atoms with Crippen LogP contribution in [-0.4, -0.2) is 24.9 Å². The van der Waals surface area contributed by atoms with Crippen LogP contribution in [0.4, 0.5) is 0 Å². The zero-order valence-electron chi connectivity index (χ0n) is 30.3. The van der Waals surface area contributed by atoms with Crippen LogP contribution in [0.25, 0.3) is 122 Å². The molecule has 0 amide bonds. The van der Waals surface area contributed by atoms with E-state index >= 15 is 0 Å². The van der Waals surface area contributed by atoms with Gasteiger partial charge in [-0.3, -0.25) is 0 Å². The van der Waals surface area contributed by atoms with Crippen LogP contribution in [-0.2, 0) is 0 Å². The molecule has 0 unspecified atom stereocenters. The molecule has 57 heavy (non-hydrogen) atoms. The molecule has 11 aromatic rings. The molecule has 0 aliphatic heterocycles. The Balaban J connectivity index is 1.04. The van der Waals surface area contributed by atoms with Crippen LogP contribution < -0.4 is 0 Å². The third-order valence-corrected chi connectivity index (χ3v) is 11.5. The molecular weight excluding hydrogens is 723 g/mol. The zero-order chi connectivity index (χ0) is 38.0. The number of hydrogen-bond acceptors (Lipinski definition) is 8. The Bertz CT molecular complexity index is 3400. The van der Waals surface area contributed by atoms with Gasteiger partial charge in [0, 0.05) is 59.6 Å². The average molecular weight is 752 g/mol. The minimum atomic E-state index is 0.546. The molecule has 6 aromatic carbocycles. The van der Waals surface area contributed by atoms with E-state index in [0.717, 1.165) is 87.6 Å². The van der Waals surface area contributed by atoms with Gasteiger partial charge in [-0.25, -0.2) is 24.9 Å². The molecule has 0 radical (unpaired) electrons. The number of nitrogens with zero attached hydrogens (tertiary/aromatic N) is 5. The summed E-state index contributed by atoms with van der Waals surface area (Å²) >= 11 is 1.73. The number of hydrogen-bond donors (Lipinski definition) is 0. The molecule has 11 rings (SSSR count). The third-order valence-electron chi connectivity index (χ3n) is 10.3. The van der Waals surface area contributed by atoms with Gasteiger partial charge < -0.3 is 8.83 Å². The first-order valence-corrected chi connectivity index (χ1v) is 19.3. The summed E-state index contributed by atoms with van der Waals surface area (Å²) in [6.07, 6.45) is 3.48. The van der Waals surface area contributed by atoms with Gasteiger partial charge in [0.15, 0.2) is 23.3 Å². The van der Waals surface area contributed by atoms with E-state index in [1.54, 1.807) is 23.5 Å². The Morgan fingerprint density at radius 3 is 1.75 bits per heavy atom. The first-order valence-electron chi connectivity index (χ1n) is 18.5. The molecule has 0 N–H and O–H groups in total.